The molecule has 1 N–H and O–H groups in total. The molecule has 1 aliphatic rings. The molecule has 3 heteroatoms. The van der Waals surface area contributed by atoms with Crippen LogP contribution in [0.2, 0.25) is 0 Å². The highest BCUT2D eigenvalue weighted by Crippen LogP contribution is 2.42. The molecule has 0 bridgehead atoms. The van der Waals surface area contributed by atoms with Gasteiger partial charge >= 0.3 is 0 Å². The second-order valence-corrected chi connectivity index (χ2v) is 5.98. The Morgan fingerprint density at radius 1 is 1.28 bits per heavy atom. The highest BCUT2D eigenvalue weighted by Gasteiger charge is 2.32. The number of nitrogens with one attached hydrogen (secondary N) is 1. The van der Waals surface area contributed by atoms with Crippen molar-refractivity contribution in [3.05, 3.63) is 29.0 Å². The number of rotatable bonds is 3. The van der Waals surface area contributed by atoms with Crippen molar-refractivity contribution in [1.82, 2.24) is 9.55 Å². The van der Waals surface area contributed by atoms with E-state index in [-0.39, 0.29) is 0 Å². The third kappa shape index (κ3) is 1.91. The maximum atomic E-state index is 5.49. The first-order chi connectivity index (χ1) is 8.74. The lowest BCUT2D eigenvalue weighted by atomic mass is 9.83. The number of nitrogens with zero attached hydrogens (tertiary/aromatic N) is 1. The monoisotopic (exact) mass is 260 g/mol. The van der Waals surface area contributed by atoms with Crippen molar-refractivity contribution in [3.63, 3.8) is 0 Å². The fourth-order valence-electron chi connectivity index (χ4n) is 3.35. The summed E-state index contributed by atoms with van der Waals surface area (Å²) in [5, 5.41) is 0. The molecule has 1 aliphatic carbocycles. The fourth-order valence-corrected chi connectivity index (χ4v) is 3.62. The van der Waals surface area contributed by atoms with Crippen LogP contribution in [0.5, 0.6) is 0 Å². The lowest BCUT2D eigenvalue weighted by Crippen LogP contribution is -2.22. The predicted octanol–water partition coefficient (Wildman–Crippen LogP) is 4.67. The zero-order chi connectivity index (χ0) is 12.6. The molecule has 96 valence electrons. The van der Waals surface area contributed by atoms with Crippen molar-refractivity contribution in [3.8, 4) is 0 Å². The molecule has 0 radical (unpaired) electrons. The molecule has 18 heavy (non-hydrogen) atoms. The van der Waals surface area contributed by atoms with Crippen LogP contribution in [0.25, 0.3) is 11.0 Å². The van der Waals surface area contributed by atoms with Crippen molar-refractivity contribution in [2.45, 2.75) is 45.6 Å². The van der Waals surface area contributed by atoms with E-state index in [9.17, 15) is 0 Å². The predicted molar refractivity (Wildman–Crippen MR) is 78.3 cm³/mol. The van der Waals surface area contributed by atoms with E-state index in [1.54, 1.807) is 0 Å². The SMILES string of the molecule is CCC1(Cn2c(=S)[nH]c3ccccc32)CCCC1. The summed E-state index contributed by atoms with van der Waals surface area (Å²) in [6, 6.07) is 8.42. The Balaban J connectivity index is 2.04. The molecule has 0 spiro atoms. The smallest absolute Gasteiger partial charge is 0.178 e. The van der Waals surface area contributed by atoms with Crippen LogP contribution in [0.1, 0.15) is 39.0 Å². The molecule has 1 heterocycles. The molecule has 1 aromatic heterocycles. The molecular formula is C15H20N2S. The highest BCUT2D eigenvalue weighted by molar-refractivity contribution is 7.71. The van der Waals surface area contributed by atoms with Gasteiger partial charge in [-0.15, -0.1) is 0 Å². The van der Waals surface area contributed by atoms with Crippen molar-refractivity contribution in [2.24, 2.45) is 5.41 Å². The molecule has 0 aliphatic heterocycles. The van der Waals surface area contributed by atoms with Crippen molar-refractivity contribution < 1.29 is 0 Å². The fraction of sp³-hybridized carbons (Fsp3) is 0.533. The molecule has 2 aromatic rings. The van der Waals surface area contributed by atoms with Gasteiger partial charge in [-0.3, -0.25) is 0 Å². The third-order valence-corrected chi connectivity index (χ3v) is 4.91. The summed E-state index contributed by atoms with van der Waals surface area (Å²) in [6.45, 7) is 3.40. The van der Waals surface area contributed by atoms with Gasteiger partial charge in [-0.05, 0) is 49.0 Å². The average Bonchev–Trinajstić information content (AvgIpc) is 2.97. The number of aromatic amines is 1. The number of aromatic nitrogens is 2. The van der Waals surface area contributed by atoms with E-state index in [0.29, 0.717) is 5.41 Å². The summed E-state index contributed by atoms with van der Waals surface area (Å²) >= 11 is 5.49. The van der Waals surface area contributed by atoms with Gasteiger partial charge in [0.15, 0.2) is 4.77 Å². The first-order valence-electron chi connectivity index (χ1n) is 6.92. The Bertz CT molecular complexity index is 602. The normalized spacial score (nSPS) is 18.5. The minimum atomic E-state index is 0.475. The number of hydrogen-bond acceptors (Lipinski definition) is 1. The molecule has 0 saturated heterocycles. The zero-order valence-corrected chi connectivity index (χ0v) is 11.7. The number of imidazole rings is 1. The van der Waals surface area contributed by atoms with Crippen molar-refractivity contribution >= 4 is 23.3 Å². The Labute approximate surface area is 113 Å². The van der Waals surface area contributed by atoms with E-state index < -0.39 is 0 Å². The maximum absolute atomic E-state index is 5.49. The van der Waals surface area contributed by atoms with Crippen LogP contribution in [0, 0.1) is 10.2 Å². The van der Waals surface area contributed by atoms with Gasteiger partial charge < -0.3 is 9.55 Å². The second kappa shape index (κ2) is 4.54. The van der Waals surface area contributed by atoms with Gasteiger partial charge in [0.05, 0.1) is 11.0 Å². The summed E-state index contributed by atoms with van der Waals surface area (Å²) in [4.78, 5) is 3.32. The van der Waals surface area contributed by atoms with E-state index in [1.807, 2.05) is 0 Å². The van der Waals surface area contributed by atoms with Crippen molar-refractivity contribution in [2.75, 3.05) is 0 Å². The van der Waals surface area contributed by atoms with E-state index >= 15 is 0 Å². The molecule has 3 rings (SSSR count). The topological polar surface area (TPSA) is 20.7 Å². The van der Waals surface area contributed by atoms with E-state index in [2.05, 4.69) is 40.7 Å². The van der Waals surface area contributed by atoms with Gasteiger partial charge in [0, 0.05) is 6.54 Å². The Kier molecular flexibility index (Phi) is 3.02. The Morgan fingerprint density at radius 3 is 2.72 bits per heavy atom. The minimum absolute atomic E-state index is 0.475. The number of H-pyrrole nitrogens is 1. The number of benzene rings is 1. The second-order valence-electron chi connectivity index (χ2n) is 5.59. The third-order valence-electron chi connectivity index (χ3n) is 4.59. The lowest BCUT2D eigenvalue weighted by molar-refractivity contribution is 0.239. The molecule has 0 amide bonds. The van der Waals surface area contributed by atoms with Crippen LogP contribution < -0.4 is 0 Å². The summed E-state index contributed by atoms with van der Waals surface area (Å²) in [5.74, 6) is 0. The molecule has 1 saturated carbocycles. The van der Waals surface area contributed by atoms with Crippen LogP contribution in [-0.2, 0) is 6.54 Å². The summed E-state index contributed by atoms with van der Waals surface area (Å²) in [5.41, 5.74) is 2.89. The molecule has 0 unspecified atom stereocenters. The molecule has 2 nitrogen and oxygen atoms in total. The Hall–Kier alpha value is -1.09. The number of para-hydroxylation sites is 2. The summed E-state index contributed by atoms with van der Waals surface area (Å²) < 4.78 is 3.18. The highest BCUT2D eigenvalue weighted by atomic mass is 32.1. The standard InChI is InChI=1S/C15H20N2S/c1-2-15(9-5-6-10-15)11-17-13-8-4-3-7-12(13)16-14(17)18/h3-4,7-8H,2,5-6,9-11H2,1H3,(H,16,18). The number of fused-ring (bicyclic) bond motifs is 1. The van der Waals surface area contributed by atoms with Crippen LogP contribution in [0.4, 0.5) is 0 Å². The van der Waals surface area contributed by atoms with E-state index in [1.165, 1.54) is 37.6 Å². The number of hydrogen-bond donors (Lipinski definition) is 1. The largest absolute Gasteiger partial charge is 0.331 e. The van der Waals surface area contributed by atoms with Gasteiger partial charge in [-0.1, -0.05) is 31.9 Å². The first-order valence-corrected chi connectivity index (χ1v) is 7.32. The average molecular weight is 260 g/mol. The summed E-state index contributed by atoms with van der Waals surface area (Å²) in [7, 11) is 0. The van der Waals surface area contributed by atoms with E-state index in [0.717, 1.165) is 16.8 Å². The van der Waals surface area contributed by atoms with Gasteiger partial charge in [-0.25, -0.2) is 0 Å². The zero-order valence-electron chi connectivity index (χ0n) is 10.9. The molecule has 1 aromatic carbocycles. The van der Waals surface area contributed by atoms with E-state index in [4.69, 9.17) is 12.2 Å². The maximum Gasteiger partial charge on any atom is 0.178 e. The van der Waals surface area contributed by atoms with Crippen molar-refractivity contribution in [1.29, 1.82) is 0 Å². The minimum Gasteiger partial charge on any atom is -0.331 e. The van der Waals surface area contributed by atoms with Crippen LogP contribution >= 0.6 is 12.2 Å². The Morgan fingerprint density at radius 2 is 2.00 bits per heavy atom. The van der Waals surface area contributed by atoms with Crippen LogP contribution in [-0.4, -0.2) is 9.55 Å². The molecule has 1 fully saturated rings. The quantitative estimate of drug-likeness (QED) is 0.795. The van der Waals surface area contributed by atoms with Gasteiger partial charge in [-0.2, -0.15) is 0 Å². The molecular weight excluding hydrogens is 240 g/mol. The molecule has 0 atom stereocenters. The van der Waals surface area contributed by atoms with Gasteiger partial charge in [0.2, 0.25) is 0 Å². The van der Waals surface area contributed by atoms with Crippen LogP contribution in [0.3, 0.4) is 0 Å². The first kappa shape index (κ1) is 12.0. The lowest BCUT2D eigenvalue weighted by Gasteiger charge is -2.28. The van der Waals surface area contributed by atoms with Gasteiger partial charge in [0.25, 0.3) is 0 Å². The van der Waals surface area contributed by atoms with Gasteiger partial charge in [0.1, 0.15) is 0 Å². The van der Waals surface area contributed by atoms with Crippen LogP contribution in [0.15, 0.2) is 24.3 Å². The summed E-state index contributed by atoms with van der Waals surface area (Å²) in [6.07, 6.45) is 6.72.